The molecule has 1 amide bonds. The van der Waals surface area contributed by atoms with Gasteiger partial charge in [-0.15, -0.1) is 0 Å². The number of hydrogen-bond donors (Lipinski definition) is 2. The maximum atomic E-state index is 12.4. The number of aromatic nitrogens is 1. The molecule has 0 unspecified atom stereocenters. The summed E-state index contributed by atoms with van der Waals surface area (Å²) < 4.78 is 5.39. The highest BCUT2D eigenvalue weighted by atomic mass is 16.3. The Labute approximate surface area is 135 Å². The third kappa shape index (κ3) is 3.62. The second kappa shape index (κ2) is 6.54. The Kier molecular flexibility index (Phi) is 4.48. The summed E-state index contributed by atoms with van der Waals surface area (Å²) in [5.41, 5.74) is 1.42. The van der Waals surface area contributed by atoms with Gasteiger partial charge in [-0.05, 0) is 19.8 Å². The summed E-state index contributed by atoms with van der Waals surface area (Å²) >= 11 is 0. The molecule has 0 saturated heterocycles. The highest BCUT2D eigenvalue weighted by Gasteiger charge is 2.30. The molecule has 1 heterocycles. The number of carbonyl (C=O) groups is 1. The second-order valence-corrected chi connectivity index (χ2v) is 6.36. The lowest BCUT2D eigenvalue weighted by atomic mass is 9.85. The molecule has 122 valence electrons. The highest BCUT2D eigenvalue weighted by Crippen LogP contribution is 2.28. The molecule has 1 aliphatic carbocycles. The summed E-state index contributed by atoms with van der Waals surface area (Å²) in [6, 6.07) is 7.73. The minimum absolute atomic E-state index is 0.256. The van der Waals surface area contributed by atoms with Gasteiger partial charge in [-0.25, -0.2) is 4.98 Å². The fourth-order valence-electron chi connectivity index (χ4n) is 3.03. The van der Waals surface area contributed by atoms with Gasteiger partial charge in [0.1, 0.15) is 0 Å². The van der Waals surface area contributed by atoms with Crippen LogP contribution in [0.3, 0.4) is 0 Å². The van der Waals surface area contributed by atoms with E-state index in [0.29, 0.717) is 5.76 Å². The number of benzene rings is 1. The summed E-state index contributed by atoms with van der Waals surface area (Å²) in [4.78, 5) is 16.4. The quantitative estimate of drug-likeness (QED) is 0.909. The standard InChI is InChI=1S/C18H22N2O3/c1-13-5-7-14(8-6-13)16-15(20-12-23-16)17(21)19-11-18(22)9-3-2-4-10-18/h5-8,12,22H,2-4,9-11H2,1H3,(H,19,21). The predicted octanol–water partition coefficient (Wildman–Crippen LogP) is 3.08. The van der Waals surface area contributed by atoms with Gasteiger partial charge in [0.25, 0.3) is 5.91 Å². The van der Waals surface area contributed by atoms with Gasteiger partial charge in [0.05, 0.1) is 5.60 Å². The molecular weight excluding hydrogens is 292 g/mol. The van der Waals surface area contributed by atoms with Crippen molar-refractivity contribution in [2.75, 3.05) is 6.54 Å². The van der Waals surface area contributed by atoms with Crippen LogP contribution < -0.4 is 5.32 Å². The van der Waals surface area contributed by atoms with Crippen molar-refractivity contribution in [1.29, 1.82) is 0 Å². The minimum Gasteiger partial charge on any atom is -0.443 e. The van der Waals surface area contributed by atoms with Crippen LogP contribution in [0, 0.1) is 6.92 Å². The Hall–Kier alpha value is -2.14. The van der Waals surface area contributed by atoms with Crippen LogP contribution in [0.1, 0.15) is 48.2 Å². The van der Waals surface area contributed by atoms with Crippen molar-refractivity contribution in [3.05, 3.63) is 41.9 Å². The lowest BCUT2D eigenvalue weighted by Crippen LogP contribution is -2.44. The van der Waals surface area contributed by atoms with E-state index in [4.69, 9.17) is 4.42 Å². The lowest BCUT2D eigenvalue weighted by molar-refractivity contribution is 0.00521. The van der Waals surface area contributed by atoms with E-state index in [2.05, 4.69) is 10.3 Å². The van der Waals surface area contributed by atoms with E-state index in [1.54, 1.807) is 0 Å². The van der Waals surface area contributed by atoms with Crippen molar-refractivity contribution in [3.8, 4) is 11.3 Å². The van der Waals surface area contributed by atoms with Crippen LogP contribution >= 0.6 is 0 Å². The number of nitrogens with zero attached hydrogens (tertiary/aromatic N) is 1. The van der Waals surface area contributed by atoms with E-state index in [-0.39, 0.29) is 18.1 Å². The van der Waals surface area contributed by atoms with Gasteiger partial charge in [-0.1, -0.05) is 49.1 Å². The number of amides is 1. The van der Waals surface area contributed by atoms with E-state index in [1.165, 1.54) is 6.39 Å². The molecule has 5 nitrogen and oxygen atoms in total. The van der Waals surface area contributed by atoms with Gasteiger partial charge in [0.2, 0.25) is 0 Å². The van der Waals surface area contributed by atoms with Crippen molar-refractivity contribution >= 4 is 5.91 Å². The summed E-state index contributed by atoms with van der Waals surface area (Å²) in [6.45, 7) is 2.26. The third-order valence-corrected chi connectivity index (χ3v) is 4.46. The molecule has 0 aliphatic heterocycles. The zero-order valence-corrected chi connectivity index (χ0v) is 13.3. The zero-order valence-electron chi connectivity index (χ0n) is 13.3. The second-order valence-electron chi connectivity index (χ2n) is 6.36. The zero-order chi connectivity index (χ0) is 16.3. The average Bonchev–Trinajstić information content (AvgIpc) is 3.04. The van der Waals surface area contributed by atoms with E-state index in [9.17, 15) is 9.90 Å². The Morgan fingerprint density at radius 1 is 1.26 bits per heavy atom. The first kappa shape index (κ1) is 15.7. The molecule has 5 heteroatoms. The summed E-state index contributed by atoms with van der Waals surface area (Å²) in [5.74, 6) is 0.145. The monoisotopic (exact) mass is 314 g/mol. The number of aryl methyl sites for hydroxylation is 1. The Morgan fingerprint density at radius 3 is 2.65 bits per heavy atom. The van der Waals surface area contributed by atoms with Gasteiger partial charge in [0, 0.05) is 12.1 Å². The van der Waals surface area contributed by atoms with Crippen molar-refractivity contribution in [3.63, 3.8) is 0 Å². The molecule has 23 heavy (non-hydrogen) atoms. The van der Waals surface area contributed by atoms with Crippen LogP contribution in [0.2, 0.25) is 0 Å². The number of rotatable bonds is 4. The highest BCUT2D eigenvalue weighted by molar-refractivity contribution is 5.97. The van der Waals surface area contributed by atoms with Crippen LogP contribution in [0.5, 0.6) is 0 Å². The maximum Gasteiger partial charge on any atom is 0.274 e. The van der Waals surface area contributed by atoms with Gasteiger partial charge >= 0.3 is 0 Å². The van der Waals surface area contributed by atoms with E-state index >= 15 is 0 Å². The number of hydrogen-bond acceptors (Lipinski definition) is 4. The SMILES string of the molecule is Cc1ccc(-c2ocnc2C(=O)NCC2(O)CCCCC2)cc1. The maximum absolute atomic E-state index is 12.4. The normalized spacial score (nSPS) is 17.0. The molecule has 1 aromatic carbocycles. The van der Waals surface area contributed by atoms with Crippen LogP contribution in [0.15, 0.2) is 35.1 Å². The smallest absolute Gasteiger partial charge is 0.274 e. The number of carbonyl (C=O) groups excluding carboxylic acids is 1. The number of aliphatic hydroxyl groups is 1. The first-order valence-corrected chi connectivity index (χ1v) is 8.08. The molecule has 1 saturated carbocycles. The van der Waals surface area contributed by atoms with Crippen molar-refractivity contribution in [1.82, 2.24) is 10.3 Å². The molecule has 0 bridgehead atoms. The fourth-order valence-corrected chi connectivity index (χ4v) is 3.03. The van der Waals surface area contributed by atoms with Crippen molar-refractivity contribution in [2.45, 2.75) is 44.6 Å². The van der Waals surface area contributed by atoms with E-state index in [1.807, 2.05) is 31.2 Å². The summed E-state index contributed by atoms with van der Waals surface area (Å²) in [6.07, 6.45) is 5.90. The Balaban J connectivity index is 1.71. The minimum atomic E-state index is -0.790. The van der Waals surface area contributed by atoms with Crippen LogP contribution in [0.25, 0.3) is 11.3 Å². The van der Waals surface area contributed by atoms with E-state index < -0.39 is 5.60 Å². The van der Waals surface area contributed by atoms with E-state index in [0.717, 1.165) is 43.2 Å². The van der Waals surface area contributed by atoms with Crippen LogP contribution in [-0.4, -0.2) is 28.1 Å². The largest absolute Gasteiger partial charge is 0.443 e. The first-order valence-electron chi connectivity index (χ1n) is 8.08. The molecule has 1 fully saturated rings. The van der Waals surface area contributed by atoms with Crippen molar-refractivity contribution < 1.29 is 14.3 Å². The Morgan fingerprint density at radius 2 is 1.96 bits per heavy atom. The van der Waals surface area contributed by atoms with Gasteiger partial charge in [-0.2, -0.15) is 0 Å². The topological polar surface area (TPSA) is 75.4 Å². The molecule has 1 aliphatic rings. The first-order chi connectivity index (χ1) is 11.1. The van der Waals surface area contributed by atoms with Crippen LogP contribution in [-0.2, 0) is 0 Å². The van der Waals surface area contributed by atoms with Gasteiger partial charge < -0.3 is 14.8 Å². The molecule has 0 spiro atoms. The average molecular weight is 314 g/mol. The predicted molar refractivity (Wildman–Crippen MR) is 87.0 cm³/mol. The molecule has 1 aromatic heterocycles. The fraction of sp³-hybridized carbons (Fsp3) is 0.444. The summed E-state index contributed by atoms with van der Waals surface area (Å²) in [7, 11) is 0. The Bertz CT molecular complexity index is 670. The molecule has 0 radical (unpaired) electrons. The molecule has 2 aromatic rings. The lowest BCUT2D eigenvalue weighted by Gasteiger charge is -2.31. The van der Waals surface area contributed by atoms with Crippen LogP contribution in [0.4, 0.5) is 0 Å². The number of nitrogens with one attached hydrogen (secondary N) is 1. The summed E-state index contributed by atoms with van der Waals surface area (Å²) in [5, 5.41) is 13.3. The molecule has 0 atom stereocenters. The molecule has 3 rings (SSSR count). The van der Waals surface area contributed by atoms with Crippen molar-refractivity contribution in [2.24, 2.45) is 0 Å². The van der Waals surface area contributed by atoms with Gasteiger partial charge in [0.15, 0.2) is 17.8 Å². The molecule has 2 N–H and O–H groups in total. The number of oxazole rings is 1. The molecular formula is C18H22N2O3. The van der Waals surface area contributed by atoms with Gasteiger partial charge in [-0.3, -0.25) is 4.79 Å². The third-order valence-electron chi connectivity index (χ3n) is 4.46.